The molecule has 3 aromatic rings. The van der Waals surface area contributed by atoms with Crippen molar-refractivity contribution >= 4 is 34.0 Å². The highest BCUT2D eigenvalue weighted by molar-refractivity contribution is 6.34. The summed E-state index contributed by atoms with van der Waals surface area (Å²) in [5, 5.41) is 4.86. The predicted octanol–water partition coefficient (Wildman–Crippen LogP) is 3.93. The molecule has 2 aliphatic rings. The summed E-state index contributed by atoms with van der Waals surface area (Å²) in [6, 6.07) is 5.46. The minimum Gasteiger partial charge on any atom is -0.454 e. The van der Waals surface area contributed by atoms with Gasteiger partial charge < -0.3 is 19.8 Å². The van der Waals surface area contributed by atoms with Gasteiger partial charge in [0.25, 0.3) is 5.56 Å². The van der Waals surface area contributed by atoms with Crippen LogP contribution in [-0.2, 0) is 12.8 Å². The van der Waals surface area contributed by atoms with Crippen molar-refractivity contribution in [2.75, 3.05) is 12.1 Å². The van der Waals surface area contributed by atoms with Crippen molar-refractivity contribution in [3.8, 4) is 11.5 Å². The second-order valence-corrected chi connectivity index (χ2v) is 6.89. The highest BCUT2D eigenvalue weighted by Crippen LogP contribution is 2.45. The molecule has 2 N–H and O–H groups in total. The van der Waals surface area contributed by atoms with Gasteiger partial charge in [-0.1, -0.05) is 11.6 Å². The zero-order chi connectivity index (χ0) is 17.7. The quantitative estimate of drug-likeness (QED) is 0.715. The Balaban J connectivity index is 1.72. The van der Waals surface area contributed by atoms with Crippen molar-refractivity contribution in [2.24, 2.45) is 0 Å². The number of nitrogens with zero attached hydrogens (tertiary/aromatic N) is 1. The Bertz CT molecular complexity index is 1090. The molecule has 1 aromatic carbocycles. The molecule has 6 nitrogen and oxygen atoms in total. The SMILES string of the molecule is O=c1[nH]c2nccc(Nc3c(Cl)ccc4c3OCO4)c2c2c1CCCC2. The number of benzene rings is 1. The molecule has 0 spiro atoms. The fourth-order valence-electron chi connectivity index (χ4n) is 3.78. The number of hydrogen-bond acceptors (Lipinski definition) is 5. The van der Waals surface area contributed by atoms with E-state index in [1.165, 1.54) is 0 Å². The van der Waals surface area contributed by atoms with Gasteiger partial charge in [-0.25, -0.2) is 4.98 Å². The van der Waals surface area contributed by atoms with E-state index in [9.17, 15) is 4.79 Å². The van der Waals surface area contributed by atoms with Gasteiger partial charge in [0.05, 0.1) is 10.7 Å². The van der Waals surface area contributed by atoms with Gasteiger partial charge >= 0.3 is 0 Å². The van der Waals surface area contributed by atoms with E-state index in [0.29, 0.717) is 27.9 Å². The first-order valence-electron chi connectivity index (χ1n) is 8.60. The molecule has 0 bridgehead atoms. The number of aromatic nitrogens is 2. The van der Waals surface area contributed by atoms with Gasteiger partial charge in [-0.05, 0) is 49.4 Å². The van der Waals surface area contributed by atoms with E-state index in [0.717, 1.165) is 47.9 Å². The van der Waals surface area contributed by atoms with Crippen LogP contribution in [0.15, 0.2) is 29.2 Å². The van der Waals surface area contributed by atoms with Crippen LogP contribution in [-0.4, -0.2) is 16.8 Å². The van der Waals surface area contributed by atoms with Crippen LogP contribution < -0.4 is 20.3 Å². The maximum atomic E-state index is 12.4. The molecule has 0 amide bonds. The van der Waals surface area contributed by atoms with Crippen molar-refractivity contribution < 1.29 is 9.47 Å². The first-order chi connectivity index (χ1) is 12.7. The van der Waals surface area contributed by atoms with Crippen molar-refractivity contribution in [3.63, 3.8) is 0 Å². The molecule has 0 radical (unpaired) electrons. The molecular weight excluding hydrogens is 354 g/mol. The second kappa shape index (κ2) is 5.92. The van der Waals surface area contributed by atoms with Crippen LogP contribution in [0.4, 0.5) is 11.4 Å². The van der Waals surface area contributed by atoms with Crippen LogP contribution in [0, 0.1) is 0 Å². The average molecular weight is 370 g/mol. The number of halogens is 1. The van der Waals surface area contributed by atoms with E-state index in [4.69, 9.17) is 21.1 Å². The Morgan fingerprint density at radius 1 is 1.12 bits per heavy atom. The minimum atomic E-state index is -0.0350. The summed E-state index contributed by atoms with van der Waals surface area (Å²) in [6.45, 7) is 0.171. The maximum Gasteiger partial charge on any atom is 0.253 e. The number of rotatable bonds is 2. The molecule has 0 saturated carbocycles. The van der Waals surface area contributed by atoms with Crippen molar-refractivity contribution in [2.45, 2.75) is 25.7 Å². The van der Waals surface area contributed by atoms with Gasteiger partial charge in [0.15, 0.2) is 11.5 Å². The van der Waals surface area contributed by atoms with Crippen LogP contribution in [0.2, 0.25) is 5.02 Å². The van der Waals surface area contributed by atoms with Crippen molar-refractivity contribution in [1.29, 1.82) is 0 Å². The van der Waals surface area contributed by atoms with Crippen molar-refractivity contribution in [1.82, 2.24) is 9.97 Å². The third-order valence-corrected chi connectivity index (χ3v) is 5.29. The fraction of sp³-hybridized carbons (Fsp3) is 0.263. The third kappa shape index (κ3) is 2.33. The lowest BCUT2D eigenvalue weighted by Crippen LogP contribution is -2.20. The molecule has 1 aliphatic carbocycles. The van der Waals surface area contributed by atoms with Gasteiger partial charge in [0.1, 0.15) is 11.3 Å². The molecule has 0 saturated heterocycles. The lowest BCUT2D eigenvalue weighted by Gasteiger charge is -2.19. The van der Waals surface area contributed by atoms with Gasteiger partial charge in [0, 0.05) is 17.1 Å². The molecule has 2 aromatic heterocycles. The molecule has 7 heteroatoms. The molecule has 0 fully saturated rings. The van der Waals surface area contributed by atoms with Gasteiger partial charge in [-0.2, -0.15) is 0 Å². The predicted molar refractivity (Wildman–Crippen MR) is 99.9 cm³/mol. The zero-order valence-corrected chi connectivity index (χ0v) is 14.7. The number of ether oxygens (including phenoxy) is 2. The number of hydrogen-bond donors (Lipinski definition) is 2. The largest absolute Gasteiger partial charge is 0.454 e. The summed E-state index contributed by atoms with van der Waals surface area (Å²) >= 11 is 6.41. The van der Waals surface area contributed by atoms with Gasteiger partial charge in [-0.15, -0.1) is 0 Å². The number of anilines is 2. The Labute approximate surface area is 154 Å². The minimum absolute atomic E-state index is 0.0350. The number of aromatic amines is 1. The standard InChI is InChI=1S/C19H16ClN3O3/c20-12-5-6-14-17(26-9-25-14)16(12)22-13-7-8-21-18-15(13)10-3-1-2-4-11(10)19(24)23-18/h5-8H,1-4,9H2,(H2,21,22,23,24). The fourth-order valence-corrected chi connectivity index (χ4v) is 3.98. The summed E-state index contributed by atoms with van der Waals surface area (Å²) in [5.74, 6) is 1.26. The normalized spacial score (nSPS) is 15.1. The summed E-state index contributed by atoms with van der Waals surface area (Å²) in [7, 11) is 0. The third-order valence-electron chi connectivity index (χ3n) is 4.97. The van der Waals surface area contributed by atoms with Crippen LogP contribution >= 0.6 is 11.6 Å². The van der Waals surface area contributed by atoms with E-state index >= 15 is 0 Å². The molecule has 5 rings (SSSR count). The Hall–Kier alpha value is -2.73. The molecule has 0 atom stereocenters. The van der Waals surface area contributed by atoms with E-state index in [-0.39, 0.29) is 12.4 Å². The van der Waals surface area contributed by atoms with E-state index in [1.807, 2.05) is 6.07 Å². The number of aryl methyl sites for hydroxylation is 1. The molecule has 0 unspecified atom stereocenters. The summed E-state index contributed by atoms with van der Waals surface area (Å²) in [5.41, 5.74) is 3.99. The number of fused-ring (bicyclic) bond motifs is 4. The van der Waals surface area contributed by atoms with Crippen molar-refractivity contribution in [3.05, 3.63) is 50.9 Å². The lowest BCUT2D eigenvalue weighted by atomic mass is 9.90. The summed E-state index contributed by atoms with van der Waals surface area (Å²) in [6.07, 6.45) is 5.44. The highest BCUT2D eigenvalue weighted by atomic mass is 35.5. The van der Waals surface area contributed by atoms with E-state index < -0.39 is 0 Å². The smallest absolute Gasteiger partial charge is 0.253 e. The van der Waals surface area contributed by atoms with Crippen LogP contribution in [0.3, 0.4) is 0 Å². The lowest BCUT2D eigenvalue weighted by molar-refractivity contribution is 0.174. The van der Waals surface area contributed by atoms with Gasteiger partial charge in [0.2, 0.25) is 6.79 Å². The highest BCUT2D eigenvalue weighted by Gasteiger charge is 2.23. The van der Waals surface area contributed by atoms with Gasteiger partial charge in [-0.3, -0.25) is 4.79 Å². The molecular formula is C19H16ClN3O3. The summed E-state index contributed by atoms with van der Waals surface area (Å²) in [4.78, 5) is 19.7. The number of nitrogens with one attached hydrogen (secondary N) is 2. The number of pyridine rings is 2. The Morgan fingerprint density at radius 2 is 1.96 bits per heavy atom. The Kier molecular flexibility index (Phi) is 3.53. The zero-order valence-electron chi connectivity index (χ0n) is 13.9. The van der Waals surface area contributed by atoms with E-state index in [2.05, 4.69) is 15.3 Å². The summed E-state index contributed by atoms with van der Waals surface area (Å²) < 4.78 is 11.0. The molecule has 26 heavy (non-hydrogen) atoms. The monoisotopic (exact) mass is 369 g/mol. The molecule has 132 valence electrons. The first kappa shape index (κ1) is 15.5. The topological polar surface area (TPSA) is 76.2 Å². The molecule has 3 heterocycles. The maximum absolute atomic E-state index is 12.4. The average Bonchev–Trinajstić information content (AvgIpc) is 3.13. The molecule has 1 aliphatic heterocycles. The van der Waals surface area contributed by atoms with Crippen LogP contribution in [0.5, 0.6) is 11.5 Å². The van der Waals surface area contributed by atoms with E-state index in [1.54, 1.807) is 18.3 Å². The van der Waals surface area contributed by atoms with Crippen LogP contribution in [0.25, 0.3) is 11.0 Å². The first-order valence-corrected chi connectivity index (χ1v) is 8.98. The van der Waals surface area contributed by atoms with Crippen LogP contribution in [0.1, 0.15) is 24.0 Å². The Morgan fingerprint density at radius 3 is 2.85 bits per heavy atom. The number of H-pyrrole nitrogens is 1. The second-order valence-electron chi connectivity index (χ2n) is 6.48.